The first-order chi connectivity index (χ1) is 13.7. The van der Waals surface area contributed by atoms with E-state index in [-0.39, 0.29) is 0 Å². The topological polar surface area (TPSA) is 69.7 Å². The summed E-state index contributed by atoms with van der Waals surface area (Å²) in [5.74, 6) is -0.413. The molecule has 8 heteroatoms. The molecule has 6 nitrogen and oxygen atoms in total. The summed E-state index contributed by atoms with van der Waals surface area (Å²) in [7, 11) is -3.70. The van der Waals surface area contributed by atoms with Gasteiger partial charge in [-0.05, 0) is 68.7 Å². The number of hydrogen-bond acceptors (Lipinski definition) is 4. The van der Waals surface area contributed by atoms with Crippen LogP contribution in [-0.2, 0) is 14.8 Å². The molecule has 0 aromatic heterocycles. The number of nitrogens with one attached hydrogen (secondary N) is 1. The molecule has 1 saturated heterocycles. The van der Waals surface area contributed by atoms with E-state index in [2.05, 4.69) is 10.2 Å². The van der Waals surface area contributed by atoms with E-state index < -0.39 is 22.0 Å². The molecule has 3 rings (SSSR count). The van der Waals surface area contributed by atoms with E-state index >= 15 is 0 Å². The lowest BCUT2D eigenvalue weighted by atomic mass is 10.1. The van der Waals surface area contributed by atoms with Crippen LogP contribution in [0.25, 0.3) is 0 Å². The van der Waals surface area contributed by atoms with Crippen LogP contribution in [0.15, 0.2) is 42.5 Å². The first-order valence-corrected chi connectivity index (χ1v) is 11.8. The van der Waals surface area contributed by atoms with Crippen molar-refractivity contribution in [3.8, 4) is 0 Å². The van der Waals surface area contributed by atoms with Crippen LogP contribution in [-0.4, -0.2) is 39.7 Å². The second-order valence-corrected chi connectivity index (χ2v) is 9.69. The Morgan fingerprint density at radius 1 is 1.14 bits per heavy atom. The SMILES string of the molecule is Cc1ccc(Cl)cc1N([C@H](C)C(=O)Nc1ccc(N2CCCC2)cc1)S(C)(=O)=O. The minimum Gasteiger partial charge on any atom is -0.372 e. The van der Waals surface area contributed by atoms with Crippen molar-refractivity contribution in [2.24, 2.45) is 0 Å². The molecule has 0 saturated carbocycles. The van der Waals surface area contributed by atoms with Crippen LogP contribution in [0.4, 0.5) is 17.1 Å². The molecule has 1 atom stereocenters. The fourth-order valence-electron chi connectivity index (χ4n) is 3.58. The Morgan fingerprint density at radius 3 is 2.34 bits per heavy atom. The van der Waals surface area contributed by atoms with Crippen LogP contribution in [0.3, 0.4) is 0 Å². The molecule has 1 aliphatic rings. The van der Waals surface area contributed by atoms with Crippen LogP contribution >= 0.6 is 11.6 Å². The molecule has 0 aliphatic carbocycles. The molecule has 1 aliphatic heterocycles. The Hall–Kier alpha value is -2.25. The minimum atomic E-state index is -3.70. The number of carbonyl (C=O) groups is 1. The second kappa shape index (κ2) is 8.63. The van der Waals surface area contributed by atoms with Crippen LogP contribution in [0.2, 0.25) is 5.02 Å². The van der Waals surface area contributed by atoms with E-state index in [9.17, 15) is 13.2 Å². The van der Waals surface area contributed by atoms with E-state index in [0.717, 1.165) is 34.9 Å². The van der Waals surface area contributed by atoms with Gasteiger partial charge in [-0.2, -0.15) is 0 Å². The standard InChI is InChI=1S/C21H26ClN3O3S/c1-15-6-7-17(22)14-20(15)25(29(3,27)28)16(2)21(26)23-18-8-10-19(11-9-18)24-12-4-5-13-24/h6-11,14,16H,4-5,12-13H2,1-3H3,(H,23,26)/t16-/m1/s1. The lowest BCUT2D eigenvalue weighted by Gasteiger charge is -2.29. The van der Waals surface area contributed by atoms with Crippen molar-refractivity contribution in [2.75, 3.05) is 33.9 Å². The van der Waals surface area contributed by atoms with Crippen molar-refractivity contribution in [3.63, 3.8) is 0 Å². The van der Waals surface area contributed by atoms with Crippen LogP contribution < -0.4 is 14.5 Å². The Bertz CT molecular complexity index is 987. The van der Waals surface area contributed by atoms with Crippen molar-refractivity contribution < 1.29 is 13.2 Å². The van der Waals surface area contributed by atoms with Crippen LogP contribution in [0.5, 0.6) is 0 Å². The van der Waals surface area contributed by atoms with Gasteiger partial charge < -0.3 is 10.2 Å². The van der Waals surface area contributed by atoms with Gasteiger partial charge >= 0.3 is 0 Å². The Kier molecular flexibility index (Phi) is 6.39. The van der Waals surface area contributed by atoms with Gasteiger partial charge in [0.1, 0.15) is 6.04 Å². The summed E-state index contributed by atoms with van der Waals surface area (Å²) in [5, 5.41) is 3.23. The largest absolute Gasteiger partial charge is 0.372 e. The molecule has 1 fully saturated rings. The maximum absolute atomic E-state index is 12.9. The van der Waals surface area contributed by atoms with Crippen molar-refractivity contribution in [1.82, 2.24) is 0 Å². The highest BCUT2D eigenvalue weighted by Crippen LogP contribution is 2.29. The Morgan fingerprint density at radius 2 is 1.76 bits per heavy atom. The maximum Gasteiger partial charge on any atom is 0.247 e. The highest BCUT2D eigenvalue weighted by Gasteiger charge is 2.30. The summed E-state index contributed by atoms with van der Waals surface area (Å²) in [5.41, 5.74) is 2.86. The molecule has 0 bridgehead atoms. The Balaban J connectivity index is 1.80. The van der Waals surface area contributed by atoms with E-state index in [4.69, 9.17) is 11.6 Å². The lowest BCUT2D eigenvalue weighted by molar-refractivity contribution is -0.116. The van der Waals surface area contributed by atoms with E-state index in [1.54, 1.807) is 32.0 Å². The maximum atomic E-state index is 12.9. The number of carbonyl (C=O) groups excluding carboxylic acids is 1. The zero-order chi connectivity index (χ0) is 21.2. The molecule has 1 N–H and O–H groups in total. The third-order valence-corrected chi connectivity index (χ3v) is 6.57. The Labute approximate surface area is 177 Å². The van der Waals surface area contributed by atoms with E-state index in [0.29, 0.717) is 16.4 Å². The third-order valence-electron chi connectivity index (χ3n) is 5.10. The molecule has 156 valence electrons. The normalized spacial score (nSPS) is 15.2. The molecule has 29 heavy (non-hydrogen) atoms. The van der Waals surface area contributed by atoms with E-state index in [1.165, 1.54) is 12.8 Å². The molecular weight excluding hydrogens is 410 g/mol. The quantitative estimate of drug-likeness (QED) is 0.743. The number of benzene rings is 2. The summed E-state index contributed by atoms with van der Waals surface area (Å²) in [6.07, 6.45) is 3.47. The number of amides is 1. The monoisotopic (exact) mass is 435 g/mol. The first-order valence-electron chi connectivity index (χ1n) is 9.58. The van der Waals surface area contributed by atoms with Crippen molar-refractivity contribution in [3.05, 3.63) is 53.1 Å². The van der Waals surface area contributed by atoms with Gasteiger partial charge in [-0.1, -0.05) is 17.7 Å². The highest BCUT2D eigenvalue weighted by atomic mass is 35.5. The van der Waals surface area contributed by atoms with Gasteiger partial charge in [-0.25, -0.2) is 8.42 Å². The van der Waals surface area contributed by atoms with Crippen LogP contribution in [0.1, 0.15) is 25.3 Å². The average Bonchev–Trinajstić information content (AvgIpc) is 3.19. The number of hydrogen-bond donors (Lipinski definition) is 1. The smallest absolute Gasteiger partial charge is 0.247 e. The zero-order valence-electron chi connectivity index (χ0n) is 16.9. The fraction of sp³-hybridized carbons (Fsp3) is 0.381. The molecule has 0 spiro atoms. The second-order valence-electron chi connectivity index (χ2n) is 7.40. The minimum absolute atomic E-state index is 0.395. The summed E-state index contributed by atoms with van der Waals surface area (Å²) in [6.45, 7) is 5.44. The summed E-state index contributed by atoms with van der Waals surface area (Å²) in [6, 6.07) is 11.7. The number of nitrogens with zero attached hydrogens (tertiary/aromatic N) is 2. The lowest BCUT2D eigenvalue weighted by Crippen LogP contribution is -2.45. The fourth-order valence-corrected chi connectivity index (χ4v) is 4.97. The number of halogens is 1. The molecule has 0 radical (unpaired) electrons. The van der Waals surface area contributed by atoms with Gasteiger partial charge in [-0.3, -0.25) is 9.10 Å². The highest BCUT2D eigenvalue weighted by molar-refractivity contribution is 7.92. The average molecular weight is 436 g/mol. The van der Waals surface area contributed by atoms with Crippen molar-refractivity contribution >= 4 is 44.6 Å². The predicted molar refractivity (Wildman–Crippen MR) is 119 cm³/mol. The number of rotatable bonds is 6. The van der Waals surface area contributed by atoms with Gasteiger partial charge in [0, 0.05) is 29.5 Å². The number of sulfonamides is 1. The van der Waals surface area contributed by atoms with Gasteiger partial charge in [0.2, 0.25) is 15.9 Å². The molecule has 2 aromatic carbocycles. The molecule has 1 amide bonds. The number of aryl methyl sites for hydroxylation is 1. The molecule has 1 heterocycles. The molecule has 2 aromatic rings. The summed E-state index contributed by atoms with van der Waals surface area (Å²) < 4.78 is 26.1. The van der Waals surface area contributed by atoms with Gasteiger partial charge in [0.25, 0.3) is 0 Å². The van der Waals surface area contributed by atoms with Gasteiger partial charge in [0.15, 0.2) is 0 Å². The van der Waals surface area contributed by atoms with Gasteiger partial charge in [0.05, 0.1) is 11.9 Å². The predicted octanol–water partition coefficient (Wildman–Crippen LogP) is 4.04. The van der Waals surface area contributed by atoms with Crippen LogP contribution in [0, 0.1) is 6.92 Å². The van der Waals surface area contributed by atoms with Crippen molar-refractivity contribution in [1.29, 1.82) is 0 Å². The third kappa shape index (κ3) is 5.03. The van der Waals surface area contributed by atoms with Gasteiger partial charge in [-0.15, -0.1) is 0 Å². The zero-order valence-corrected chi connectivity index (χ0v) is 18.4. The summed E-state index contributed by atoms with van der Waals surface area (Å²) in [4.78, 5) is 15.2. The van der Waals surface area contributed by atoms with Crippen molar-refractivity contribution in [2.45, 2.75) is 32.7 Å². The first kappa shape index (κ1) is 21.5. The van der Waals surface area contributed by atoms with E-state index in [1.807, 2.05) is 24.3 Å². The molecule has 0 unspecified atom stereocenters. The summed E-state index contributed by atoms with van der Waals surface area (Å²) >= 11 is 6.07. The number of anilines is 3. The molecular formula is C21H26ClN3O3S.